The second-order valence-corrected chi connectivity index (χ2v) is 11.1. The van der Waals surface area contributed by atoms with Crippen molar-refractivity contribution in [2.75, 3.05) is 33.0 Å². The van der Waals surface area contributed by atoms with Gasteiger partial charge in [-0.3, -0.25) is 4.79 Å². The molecule has 0 aliphatic heterocycles. The maximum atomic E-state index is 12.8. The van der Waals surface area contributed by atoms with Crippen LogP contribution in [0.1, 0.15) is 37.5 Å². The summed E-state index contributed by atoms with van der Waals surface area (Å²) in [6.45, 7) is 4.91. The predicted molar refractivity (Wildman–Crippen MR) is 176 cm³/mol. The van der Waals surface area contributed by atoms with Gasteiger partial charge in [0, 0.05) is 6.42 Å². The molecule has 262 valence electrons. The molecule has 0 aromatic heterocycles. The fraction of sp³-hybridized carbons (Fsp3) is 0.361. The summed E-state index contributed by atoms with van der Waals surface area (Å²) in [5, 5.41) is 4.97. The highest BCUT2D eigenvalue weighted by Crippen LogP contribution is 2.16. The Labute approximate surface area is 285 Å². The maximum absolute atomic E-state index is 12.8. The van der Waals surface area contributed by atoms with E-state index in [1.165, 1.54) is 0 Å². The number of carbonyl (C=O) groups excluding carboxylic acids is 5. The van der Waals surface area contributed by atoms with Crippen LogP contribution in [-0.2, 0) is 57.8 Å². The molecule has 0 spiro atoms. The number of carbonyl (C=O) groups is 5. The predicted octanol–water partition coefficient (Wildman–Crippen LogP) is 3.90. The van der Waals surface area contributed by atoms with Crippen LogP contribution in [0.3, 0.4) is 0 Å². The van der Waals surface area contributed by atoms with Gasteiger partial charge in [-0.2, -0.15) is 0 Å². The molecule has 0 radical (unpaired) electrons. The van der Waals surface area contributed by atoms with Crippen molar-refractivity contribution in [2.24, 2.45) is 5.92 Å². The molecule has 2 amide bonds. The molecule has 0 aliphatic rings. The van der Waals surface area contributed by atoms with Gasteiger partial charge < -0.3 is 39.1 Å². The van der Waals surface area contributed by atoms with Gasteiger partial charge in [-0.15, -0.1) is 0 Å². The zero-order chi connectivity index (χ0) is 35.4. The third-order valence-corrected chi connectivity index (χ3v) is 6.46. The van der Waals surface area contributed by atoms with Gasteiger partial charge in [0.2, 0.25) is 5.91 Å². The van der Waals surface area contributed by atoms with Crippen molar-refractivity contribution in [3.8, 4) is 11.5 Å². The van der Waals surface area contributed by atoms with Crippen LogP contribution in [0.25, 0.3) is 0 Å². The SMILES string of the molecule is CCOC(=O)COc1ccc(C[C@H](NC(=O)CNC(=O)OCc2cccc(OCC(=O)OCc3ccccc3)c2)C(=O)OCC(C)C)cc1. The van der Waals surface area contributed by atoms with Crippen molar-refractivity contribution >= 4 is 29.9 Å². The van der Waals surface area contributed by atoms with Crippen LogP contribution in [0, 0.1) is 5.92 Å². The highest BCUT2D eigenvalue weighted by Gasteiger charge is 2.24. The van der Waals surface area contributed by atoms with E-state index in [0.717, 1.165) is 5.56 Å². The normalized spacial score (nSPS) is 11.1. The van der Waals surface area contributed by atoms with E-state index in [1.807, 2.05) is 44.2 Å². The van der Waals surface area contributed by atoms with Crippen molar-refractivity contribution in [1.82, 2.24) is 10.6 Å². The first-order chi connectivity index (χ1) is 23.6. The summed E-state index contributed by atoms with van der Waals surface area (Å²) in [4.78, 5) is 61.4. The van der Waals surface area contributed by atoms with Gasteiger partial charge in [-0.25, -0.2) is 19.2 Å². The molecule has 0 unspecified atom stereocenters. The molecule has 0 heterocycles. The highest BCUT2D eigenvalue weighted by molar-refractivity contribution is 5.87. The van der Waals surface area contributed by atoms with E-state index in [-0.39, 0.29) is 52.0 Å². The molecule has 0 fully saturated rings. The maximum Gasteiger partial charge on any atom is 0.407 e. The Morgan fingerprint density at radius 1 is 0.673 bits per heavy atom. The highest BCUT2D eigenvalue weighted by atomic mass is 16.6. The zero-order valence-electron chi connectivity index (χ0n) is 27.8. The lowest BCUT2D eigenvalue weighted by Crippen LogP contribution is -2.47. The minimum absolute atomic E-state index is 0.0845. The third-order valence-electron chi connectivity index (χ3n) is 6.46. The number of esters is 3. The minimum Gasteiger partial charge on any atom is -0.482 e. The molecule has 0 saturated carbocycles. The van der Waals surface area contributed by atoms with Crippen molar-refractivity contribution in [3.05, 3.63) is 95.6 Å². The van der Waals surface area contributed by atoms with E-state index in [1.54, 1.807) is 55.5 Å². The summed E-state index contributed by atoms with van der Waals surface area (Å²) in [5.41, 5.74) is 2.13. The van der Waals surface area contributed by atoms with Gasteiger partial charge in [0.15, 0.2) is 13.2 Å². The van der Waals surface area contributed by atoms with Gasteiger partial charge in [0.05, 0.1) is 13.2 Å². The minimum atomic E-state index is -1.03. The second kappa shape index (κ2) is 20.6. The molecule has 3 rings (SSSR count). The smallest absolute Gasteiger partial charge is 0.407 e. The monoisotopic (exact) mass is 678 g/mol. The Morgan fingerprint density at radius 2 is 1.33 bits per heavy atom. The number of hydrogen-bond donors (Lipinski definition) is 2. The Balaban J connectivity index is 1.44. The topological polar surface area (TPSA) is 165 Å². The van der Waals surface area contributed by atoms with Crippen LogP contribution < -0.4 is 20.1 Å². The van der Waals surface area contributed by atoms with Crippen LogP contribution in [-0.4, -0.2) is 68.9 Å². The summed E-state index contributed by atoms with van der Waals surface area (Å²) >= 11 is 0. The molecule has 49 heavy (non-hydrogen) atoms. The number of amides is 2. The Hall–Kier alpha value is -5.59. The average Bonchev–Trinajstić information content (AvgIpc) is 3.10. The lowest BCUT2D eigenvalue weighted by atomic mass is 10.1. The number of rotatable bonds is 19. The van der Waals surface area contributed by atoms with Crippen molar-refractivity contribution in [1.29, 1.82) is 0 Å². The first-order valence-electron chi connectivity index (χ1n) is 15.8. The van der Waals surface area contributed by atoms with E-state index in [9.17, 15) is 24.0 Å². The molecule has 0 bridgehead atoms. The zero-order valence-corrected chi connectivity index (χ0v) is 27.8. The molecule has 3 aromatic carbocycles. The third kappa shape index (κ3) is 15.2. The van der Waals surface area contributed by atoms with E-state index in [4.69, 9.17) is 28.4 Å². The molecular formula is C36H42N2O11. The van der Waals surface area contributed by atoms with E-state index < -0.39 is 42.5 Å². The summed E-state index contributed by atoms with van der Waals surface area (Å²) in [5.74, 6) is -1.39. The lowest BCUT2D eigenvalue weighted by Gasteiger charge is -2.19. The van der Waals surface area contributed by atoms with Crippen LogP contribution in [0.15, 0.2) is 78.9 Å². The molecule has 1 atom stereocenters. The first-order valence-corrected chi connectivity index (χ1v) is 15.8. The van der Waals surface area contributed by atoms with Gasteiger partial charge in [0.1, 0.15) is 37.3 Å². The molecule has 13 nitrogen and oxygen atoms in total. The van der Waals surface area contributed by atoms with Gasteiger partial charge in [-0.1, -0.05) is 68.4 Å². The van der Waals surface area contributed by atoms with E-state index >= 15 is 0 Å². The van der Waals surface area contributed by atoms with Crippen LogP contribution in [0.4, 0.5) is 4.79 Å². The fourth-order valence-electron chi connectivity index (χ4n) is 4.09. The number of alkyl carbamates (subject to hydrolysis) is 1. The molecule has 0 aliphatic carbocycles. The van der Waals surface area contributed by atoms with Crippen LogP contribution in [0.5, 0.6) is 11.5 Å². The number of nitrogens with one attached hydrogen (secondary N) is 2. The van der Waals surface area contributed by atoms with E-state index in [0.29, 0.717) is 22.6 Å². The number of hydrogen-bond acceptors (Lipinski definition) is 11. The molecule has 3 aromatic rings. The number of ether oxygens (including phenoxy) is 6. The average molecular weight is 679 g/mol. The largest absolute Gasteiger partial charge is 0.482 e. The van der Waals surface area contributed by atoms with Crippen molar-refractivity contribution in [3.63, 3.8) is 0 Å². The summed E-state index contributed by atoms with van der Waals surface area (Å²) in [6.07, 6.45) is -0.752. The summed E-state index contributed by atoms with van der Waals surface area (Å²) < 4.78 is 31.5. The molecule has 0 saturated heterocycles. The number of benzene rings is 3. The van der Waals surface area contributed by atoms with Crippen LogP contribution >= 0.6 is 0 Å². The molecule has 2 N–H and O–H groups in total. The summed E-state index contributed by atoms with van der Waals surface area (Å²) in [6, 6.07) is 21.5. The molecule has 13 heteroatoms. The molecular weight excluding hydrogens is 636 g/mol. The Bertz CT molecular complexity index is 1510. The van der Waals surface area contributed by atoms with Crippen LogP contribution in [0.2, 0.25) is 0 Å². The Kier molecular flexibility index (Phi) is 15.9. The van der Waals surface area contributed by atoms with Gasteiger partial charge in [-0.05, 0) is 53.8 Å². The Morgan fingerprint density at radius 3 is 2.02 bits per heavy atom. The fourth-order valence-corrected chi connectivity index (χ4v) is 4.09. The standard InChI is InChI=1S/C36H42N2O11/c1-4-44-33(40)23-45-29-15-13-26(14-16-29)18-31(35(42)48-20-25(2)3)38-32(39)19-37-36(43)49-22-28-11-8-12-30(17-28)46-24-34(41)47-21-27-9-6-5-7-10-27/h5-17,25,31H,4,18-24H2,1-3H3,(H,37,43)(H,38,39)/t31-/m0/s1. The summed E-state index contributed by atoms with van der Waals surface area (Å²) in [7, 11) is 0. The first kappa shape index (κ1) is 37.9. The van der Waals surface area contributed by atoms with Crippen molar-refractivity contribution < 1.29 is 52.4 Å². The van der Waals surface area contributed by atoms with E-state index in [2.05, 4.69) is 10.6 Å². The quantitative estimate of drug-likeness (QED) is 0.140. The van der Waals surface area contributed by atoms with Gasteiger partial charge in [0.25, 0.3) is 0 Å². The second-order valence-electron chi connectivity index (χ2n) is 11.1. The lowest BCUT2D eigenvalue weighted by molar-refractivity contribution is -0.149. The van der Waals surface area contributed by atoms with Gasteiger partial charge >= 0.3 is 24.0 Å². The van der Waals surface area contributed by atoms with Crippen molar-refractivity contribution in [2.45, 2.75) is 46.4 Å².